The molecule has 1 aromatic rings. The van der Waals surface area contributed by atoms with E-state index in [0.29, 0.717) is 19.0 Å². The van der Waals surface area contributed by atoms with E-state index < -0.39 is 6.10 Å². The summed E-state index contributed by atoms with van der Waals surface area (Å²) in [7, 11) is 1.55. The number of nitrogen functional groups attached to an aromatic ring is 1. The summed E-state index contributed by atoms with van der Waals surface area (Å²) in [4.78, 5) is 3.96. The lowest BCUT2D eigenvalue weighted by atomic mass is 10.3. The van der Waals surface area contributed by atoms with Crippen LogP contribution in [0.4, 0.5) is 11.5 Å². The molecule has 0 fully saturated rings. The molecule has 6 nitrogen and oxygen atoms in total. The fourth-order valence-corrected chi connectivity index (χ4v) is 1.11. The second-order valence-electron chi connectivity index (χ2n) is 3.06. The topological polar surface area (TPSA) is 92.4 Å². The molecule has 0 aliphatic heterocycles. The number of nitrogens with one attached hydrogen (secondary N) is 2. The Labute approximate surface area is 88.4 Å². The number of aliphatic hydroxyl groups excluding tert-OH is 1. The van der Waals surface area contributed by atoms with Crippen LogP contribution in [0.25, 0.3) is 0 Å². The van der Waals surface area contributed by atoms with Gasteiger partial charge < -0.3 is 20.6 Å². The molecule has 0 spiro atoms. The van der Waals surface area contributed by atoms with E-state index in [9.17, 15) is 5.11 Å². The zero-order valence-corrected chi connectivity index (χ0v) is 8.60. The lowest BCUT2D eigenvalue weighted by Gasteiger charge is -2.12. The van der Waals surface area contributed by atoms with Crippen LogP contribution in [0.15, 0.2) is 18.3 Å². The average molecular weight is 212 g/mol. The van der Waals surface area contributed by atoms with Gasteiger partial charge in [-0.3, -0.25) is 0 Å². The Bertz CT molecular complexity index is 295. The second-order valence-corrected chi connectivity index (χ2v) is 3.06. The minimum atomic E-state index is -0.530. The summed E-state index contributed by atoms with van der Waals surface area (Å²) in [5.41, 5.74) is 3.28. The molecule has 0 aliphatic carbocycles. The monoisotopic (exact) mass is 212 g/mol. The van der Waals surface area contributed by atoms with Crippen LogP contribution in [0.5, 0.6) is 0 Å². The van der Waals surface area contributed by atoms with Crippen molar-refractivity contribution in [2.24, 2.45) is 5.84 Å². The van der Waals surface area contributed by atoms with Gasteiger partial charge in [-0.15, -0.1) is 0 Å². The standard InChI is InChI=1S/C9H16N4O2/c1-15-6-8(14)5-12-7-2-3-11-9(4-7)13-10/h2-4,8,14H,5-6,10H2,1H3,(H2,11,12,13). The lowest BCUT2D eigenvalue weighted by Crippen LogP contribution is -2.24. The number of anilines is 2. The zero-order valence-electron chi connectivity index (χ0n) is 8.60. The Kier molecular flexibility index (Phi) is 4.82. The normalized spacial score (nSPS) is 12.2. The second kappa shape index (κ2) is 6.18. The highest BCUT2D eigenvalue weighted by molar-refractivity contribution is 5.51. The number of methoxy groups -OCH3 is 1. The smallest absolute Gasteiger partial charge is 0.141 e. The molecule has 1 aromatic heterocycles. The number of hydrogen-bond donors (Lipinski definition) is 4. The maximum Gasteiger partial charge on any atom is 0.141 e. The Morgan fingerprint density at radius 3 is 3.13 bits per heavy atom. The van der Waals surface area contributed by atoms with Gasteiger partial charge >= 0.3 is 0 Å². The first-order valence-corrected chi connectivity index (χ1v) is 4.60. The number of nitrogens with two attached hydrogens (primary N) is 1. The van der Waals surface area contributed by atoms with Crippen molar-refractivity contribution in [3.63, 3.8) is 0 Å². The van der Waals surface area contributed by atoms with Crippen molar-refractivity contribution in [2.75, 3.05) is 31.0 Å². The first kappa shape index (κ1) is 11.7. The Morgan fingerprint density at radius 2 is 2.47 bits per heavy atom. The highest BCUT2D eigenvalue weighted by Gasteiger charge is 2.02. The number of aromatic nitrogens is 1. The highest BCUT2D eigenvalue weighted by Crippen LogP contribution is 2.10. The van der Waals surface area contributed by atoms with Crippen LogP contribution in [0.2, 0.25) is 0 Å². The zero-order chi connectivity index (χ0) is 11.1. The molecule has 15 heavy (non-hydrogen) atoms. The number of rotatable bonds is 6. The molecule has 6 heteroatoms. The molecule has 1 unspecified atom stereocenters. The molecular formula is C9H16N4O2. The summed E-state index contributed by atoms with van der Waals surface area (Å²) < 4.78 is 4.80. The molecule has 0 saturated heterocycles. The Hall–Kier alpha value is -1.37. The molecule has 0 aliphatic rings. The van der Waals surface area contributed by atoms with Gasteiger partial charge in [0.15, 0.2) is 0 Å². The van der Waals surface area contributed by atoms with Crippen LogP contribution in [0.1, 0.15) is 0 Å². The van der Waals surface area contributed by atoms with Crippen molar-refractivity contribution in [3.05, 3.63) is 18.3 Å². The molecule has 0 radical (unpaired) electrons. The Morgan fingerprint density at radius 1 is 1.67 bits per heavy atom. The maximum atomic E-state index is 9.39. The SMILES string of the molecule is COCC(O)CNc1ccnc(NN)c1. The maximum absolute atomic E-state index is 9.39. The minimum absolute atomic E-state index is 0.306. The van der Waals surface area contributed by atoms with Gasteiger partial charge in [-0.1, -0.05) is 0 Å². The fraction of sp³-hybridized carbons (Fsp3) is 0.444. The van der Waals surface area contributed by atoms with Crippen LogP contribution in [0, 0.1) is 0 Å². The predicted octanol–water partition coefficient (Wildman–Crippen LogP) is -0.214. The van der Waals surface area contributed by atoms with Gasteiger partial charge in [-0.05, 0) is 6.07 Å². The number of nitrogens with zero attached hydrogens (tertiary/aromatic N) is 1. The minimum Gasteiger partial charge on any atom is -0.389 e. The molecular weight excluding hydrogens is 196 g/mol. The van der Waals surface area contributed by atoms with Crippen molar-refractivity contribution >= 4 is 11.5 Å². The van der Waals surface area contributed by atoms with Gasteiger partial charge in [-0.25, -0.2) is 10.8 Å². The summed E-state index contributed by atoms with van der Waals surface area (Å²) in [6.45, 7) is 0.724. The number of pyridine rings is 1. The first-order valence-electron chi connectivity index (χ1n) is 4.60. The number of ether oxygens (including phenoxy) is 1. The van der Waals surface area contributed by atoms with E-state index in [1.165, 1.54) is 0 Å². The molecule has 1 rings (SSSR count). The van der Waals surface area contributed by atoms with Crippen molar-refractivity contribution in [1.82, 2.24) is 4.98 Å². The van der Waals surface area contributed by atoms with E-state index in [0.717, 1.165) is 5.69 Å². The molecule has 0 bridgehead atoms. The van der Waals surface area contributed by atoms with E-state index in [4.69, 9.17) is 10.6 Å². The van der Waals surface area contributed by atoms with E-state index in [-0.39, 0.29) is 0 Å². The largest absolute Gasteiger partial charge is 0.389 e. The van der Waals surface area contributed by atoms with Crippen LogP contribution in [0.3, 0.4) is 0 Å². The van der Waals surface area contributed by atoms with Crippen LogP contribution in [-0.2, 0) is 4.74 Å². The third-order valence-electron chi connectivity index (χ3n) is 1.81. The summed E-state index contributed by atoms with van der Waals surface area (Å²) in [6.07, 6.45) is 1.10. The molecule has 0 aromatic carbocycles. The quantitative estimate of drug-likeness (QED) is 0.385. The lowest BCUT2D eigenvalue weighted by molar-refractivity contribution is 0.0727. The van der Waals surface area contributed by atoms with Gasteiger partial charge in [0.1, 0.15) is 5.82 Å². The fourth-order valence-electron chi connectivity index (χ4n) is 1.11. The van der Waals surface area contributed by atoms with Gasteiger partial charge in [-0.2, -0.15) is 0 Å². The van der Waals surface area contributed by atoms with Crippen LogP contribution in [-0.4, -0.2) is 36.5 Å². The predicted molar refractivity (Wildman–Crippen MR) is 58.4 cm³/mol. The van der Waals surface area contributed by atoms with E-state index >= 15 is 0 Å². The molecule has 84 valence electrons. The summed E-state index contributed by atoms with van der Waals surface area (Å²) in [5.74, 6) is 5.78. The van der Waals surface area contributed by atoms with E-state index in [1.54, 1.807) is 25.4 Å². The molecule has 0 saturated carbocycles. The van der Waals surface area contributed by atoms with E-state index in [1.807, 2.05) is 0 Å². The molecule has 5 N–H and O–H groups in total. The summed E-state index contributed by atoms with van der Waals surface area (Å²) in [5, 5.41) is 12.4. The number of aliphatic hydroxyl groups is 1. The summed E-state index contributed by atoms with van der Waals surface area (Å²) in [6, 6.07) is 3.54. The summed E-state index contributed by atoms with van der Waals surface area (Å²) >= 11 is 0. The van der Waals surface area contributed by atoms with Crippen molar-refractivity contribution in [2.45, 2.75) is 6.10 Å². The van der Waals surface area contributed by atoms with Crippen LogP contribution >= 0.6 is 0 Å². The van der Waals surface area contributed by atoms with Gasteiger partial charge in [0, 0.05) is 31.6 Å². The Balaban J connectivity index is 2.43. The van der Waals surface area contributed by atoms with Crippen LogP contribution < -0.4 is 16.6 Å². The van der Waals surface area contributed by atoms with Crippen molar-refractivity contribution < 1.29 is 9.84 Å². The third-order valence-corrected chi connectivity index (χ3v) is 1.81. The van der Waals surface area contributed by atoms with E-state index in [2.05, 4.69) is 15.7 Å². The van der Waals surface area contributed by atoms with Gasteiger partial charge in [0.25, 0.3) is 0 Å². The highest BCUT2D eigenvalue weighted by atomic mass is 16.5. The number of hydrogen-bond acceptors (Lipinski definition) is 6. The van der Waals surface area contributed by atoms with Crippen molar-refractivity contribution in [3.8, 4) is 0 Å². The van der Waals surface area contributed by atoms with Crippen molar-refractivity contribution in [1.29, 1.82) is 0 Å². The molecule has 1 heterocycles. The third kappa shape index (κ3) is 4.11. The average Bonchev–Trinajstić information content (AvgIpc) is 2.27. The molecule has 1 atom stereocenters. The molecule has 0 amide bonds. The van der Waals surface area contributed by atoms with Gasteiger partial charge in [0.05, 0.1) is 12.7 Å². The first-order chi connectivity index (χ1) is 7.26. The number of hydrazine groups is 1. The van der Waals surface area contributed by atoms with Gasteiger partial charge in [0.2, 0.25) is 0 Å².